The maximum absolute atomic E-state index is 9.82. The van der Waals surface area contributed by atoms with Gasteiger partial charge in [0.15, 0.2) is 0 Å². The van der Waals surface area contributed by atoms with E-state index in [0.717, 1.165) is 23.2 Å². The van der Waals surface area contributed by atoms with E-state index in [2.05, 4.69) is 47.4 Å². The predicted molar refractivity (Wildman–Crippen MR) is 101 cm³/mol. The first-order valence-corrected chi connectivity index (χ1v) is 8.43. The zero-order valence-corrected chi connectivity index (χ0v) is 14.6. The summed E-state index contributed by atoms with van der Waals surface area (Å²) in [7, 11) is 0. The van der Waals surface area contributed by atoms with Crippen LogP contribution < -0.4 is 0 Å². The summed E-state index contributed by atoms with van der Waals surface area (Å²) >= 11 is 0. The van der Waals surface area contributed by atoms with Crippen molar-refractivity contribution in [2.24, 2.45) is 5.16 Å². The van der Waals surface area contributed by atoms with Gasteiger partial charge in [0.05, 0.1) is 5.71 Å². The fourth-order valence-corrected chi connectivity index (χ4v) is 3.15. The Balaban J connectivity index is 2.06. The number of rotatable bonds is 5. The molecule has 1 aromatic heterocycles. The lowest BCUT2D eigenvalue weighted by atomic mass is 9.84. The zero-order valence-electron chi connectivity index (χ0n) is 14.6. The van der Waals surface area contributed by atoms with Crippen molar-refractivity contribution in [3.05, 3.63) is 101 Å². The van der Waals surface area contributed by atoms with Crippen molar-refractivity contribution in [2.75, 3.05) is 0 Å². The Kier molecular flexibility index (Phi) is 5.24. The summed E-state index contributed by atoms with van der Waals surface area (Å²) in [5.74, 6) is -0.0332. The molecule has 3 heteroatoms. The van der Waals surface area contributed by atoms with Crippen molar-refractivity contribution in [1.82, 2.24) is 4.98 Å². The summed E-state index contributed by atoms with van der Waals surface area (Å²) in [4.78, 5) is 4.25. The third kappa shape index (κ3) is 3.94. The number of oxime groups is 1. The standard InChI is InChI=1S/C22H22N2O/c1-16-8-6-7-11-19(16)15-21(18-9-4-3-5-10-18)22(24-25)20-12-13-23-17(2)14-20/h3-14,21,25H,15H2,1-2H3. The highest BCUT2D eigenvalue weighted by Crippen LogP contribution is 2.27. The van der Waals surface area contributed by atoms with Gasteiger partial charge in [0.25, 0.3) is 0 Å². The van der Waals surface area contributed by atoms with Crippen molar-refractivity contribution in [3.8, 4) is 0 Å². The Morgan fingerprint density at radius 2 is 1.72 bits per heavy atom. The van der Waals surface area contributed by atoms with Crippen molar-refractivity contribution < 1.29 is 5.21 Å². The minimum absolute atomic E-state index is 0.0332. The van der Waals surface area contributed by atoms with Gasteiger partial charge in [0, 0.05) is 23.4 Å². The lowest BCUT2D eigenvalue weighted by Crippen LogP contribution is -2.18. The first kappa shape index (κ1) is 16.9. The van der Waals surface area contributed by atoms with Crippen molar-refractivity contribution in [1.29, 1.82) is 0 Å². The molecule has 3 nitrogen and oxygen atoms in total. The molecule has 3 aromatic rings. The normalized spacial score (nSPS) is 12.8. The van der Waals surface area contributed by atoms with E-state index in [9.17, 15) is 5.21 Å². The average Bonchev–Trinajstić information content (AvgIpc) is 2.64. The molecule has 1 N–H and O–H groups in total. The van der Waals surface area contributed by atoms with Crippen LogP contribution in [0.3, 0.4) is 0 Å². The van der Waals surface area contributed by atoms with Gasteiger partial charge in [-0.1, -0.05) is 59.8 Å². The predicted octanol–water partition coefficient (Wildman–Crippen LogP) is 4.90. The monoisotopic (exact) mass is 330 g/mol. The second-order valence-corrected chi connectivity index (χ2v) is 6.27. The molecule has 1 atom stereocenters. The number of nitrogens with zero attached hydrogens (tertiary/aromatic N) is 2. The number of aromatic nitrogens is 1. The SMILES string of the molecule is Cc1cc(C(=NO)C(Cc2ccccc2C)c2ccccc2)ccn1. The Labute approximate surface area is 148 Å². The molecule has 0 radical (unpaired) electrons. The smallest absolute Gasteiger partial charge is 0.0946 e. The Morgan fingerprint density at radius 1 is 1.00 bits per heavy atom. The summed E-state index contributed by atoms with van der Waals surface area (Å²) in [6.07, 6.45) is 2.53. The van der Waals surface area contributed by atoms with E-state index in [4.69, 9.17) is 0 Å². The molecule has 0 spiro atoms. The van der Waals surface area contributed by atoms with E-state index >= 15 is 0 Å². The molecule has 126 valence electrons. The highest BCUT2D eigenvalue weighted by Gasteiger charge is 2.22. The number of pyridine rings is 1. The van der Waals surface area contributed by atoms with Crippen LogP contribution >= 0.6 is 0 Å². The summed E-state index contributed by atoms with van der Waals surface area (Å²) in [5.41, 5.74) is 6.10. The van der Waals surface area contributed by atoms with Crippen LogP contribution in [-0.4, -0.2) is 15.9 Å². The average molecular weight is 330 g/mol. The first-order chi connectivity index (χ1) is 12.2. The summed E-state index contributed by atoms with van der Waals surface area (Å²) in [6.45, 7) is 4.06. The van der Waals surface area contributed by atoms with Crippen LogP contribution in [0.5, 0.6) is 0 Å². The van der Waals surface area contributed by atoms with Gasteiger partial charge in [-0.05, 0) is 49.1 Å². The fourth-order valence-electron chi connectivity index (χ4n) is 3.15. The van der Waals surface area contributed by atoms with E-state index < -0.39 is 0 Å². The van der Waals surface area contributed by atoms with E-state index in [-0.39, 0.29) is 5.92 Å². The number of hydrogen-bond acceptors (Lipinski definition) is 3. The van der Waals surface area contributed by atoms with Gasteiger partial charge in [-0.15, -0.1) is 0 Å². The fraction of sp³-hybridized carbons (Fsp3) is 0.182. The molecule has 25 heavy (non-hydrogen) atoms. The summed E-state index contributed by atoms with van der Waals surface area (Å²) in [5, 5.41) is 13.5. The molecule has 0 fully saturated rings. The zero-order chi connectivity index (χ0) is 17.6. The summed E-state index contributed by atoms with van der Waals surface area (Å²) in [6, 6.07) is 22.4. The lowest BCUT2D eigenvalue weighted by Gasteiger charge is -2.20. The van der Waals surface area contributed by atoms with Gasteiger partial charge < -0.3 is 5.21 Å². The molecule has 0 aliphatic heterocycles. The molecule has 1 unspecified atom stereocenters. The van der Waals surface area contributed by atoms with Crippen LogP contribution in [0.2, 0.25) is 0 Å². The molecule has 0 bridgehead atoms. The van der Waals surface area contributed by atoms with Crippen LogP contribution in [0.15, 0.2) is 78.1 Å². The van der Waals surface area contributed by atoms with Crippen molar-refractivity contribution >= 4 is 5.71 Å². The van der Waals surface area contributed by atoms with Gasteiger partial charge in [-0.3, -0.25) is 4.98 Å². The van der Waals surface area contributed by atoms with Crippen LogP contribution in [0.1, 0.15) is 33.9 Å². The van der Waals surface area contributed by atoms with Crippen molar-refractivity contribution in [2.45, 2.75) is 26.2 Å². The minimum atomic E-state index is -0.0332. The van der Waals surface area contributed by atoms with Gasteiger partial charge in [0.1, 0.15) is 0 Å². The molecule has 3 rings (SSSR count). The van der Waals surface area contributed by atoms with Crippen LogP contribution in [0.4, 0.5) is 0 Å². The van der Waals surface area contributed by atoms with E-state index in [1.165, 1.54) is 11.1 Å². The highest BCUT2D eigenvalue weighted by molar-refractivity contribution is 6.05. The molecule has 0 aliphatic carbocycles. The lowest BCUT2D eigenvalue weighted by molar-refractivity contribution is 0.317. The molecule has 0 aliphatic rings. The maximum atomic E-state index is 9.82. The van der Waals surface area contributed by atoms with Crippen LogP contribution in [-0.2, 0) is 6.42 Å². The Morgan fingerprint density at radius 3 is 2.40 bits per heavy atom. The van der Waals surface area contributed by atoms with E-state index in [1.54, 1.807) is 6.20 Å². The second kappa shape index (κ2) is 7.75. The Bertz CT molecular complexity index is 872. The molecule has 0 saturated heterocycles. The summed E-state index contributed by atoms with van der Waals surface area (Å²) < 4.78 is 0. The van der Waals surface area contributed by atoms with Gasteiger partial charge in [0.2, 0.25) is 0 Å². The Hall–Kier alpha value is -2.94. The number of benzene rings is 2. The van der Waals surface area contributed by atoms with E-state index in [1.807, 2.05) is 43.3 Å². The van der Waals surface area contributed by atoms with Crippen LogP contribution in [0, 0.1) is 13.8 Å². The third-order valence-corrected chi connectivity index (χ3v) is 4.52. The first-order valence-electron chi connectivity index (χ1n) is 8.43. The quantitative estimate of drug-likeness (QED) is 0.411. The third-order valence-electron chi connectivity index (χ3n) is 4.52. The molecular weight excluding hydrogens is 308 g/mol. The van der Waals surface area contributed by atoms with E-state index in [0.29, 0.717) is 5.71 Å². The topological polar surface area (TPSA) is 45.5 Å². The number of hydrogen-bond donors (Lipinski definition) is 1. The maximum Gasteiger partial charge on any atom is 0.0946 e. The largest absolute Gasteiger partial charge is 0.411 e. The molecular formula is C22H22N2O. The second-order valence-electron chi connectivity index (χ2n) is 6.27. The molecule has 2 aromatic carbocycles. The molecule has 0 amide bonds. The van der Waals surface area contributed by atoms with Gasteiger partial charge >= 0.3 is 0 Å². The minimum Gasteiger partial charge on any atom is -0.411 e. The highest BCUT2D eigenvalue weighted by atomic mass is 16.4. The van der Waals surface area contributed by atoms with Crippen molar-refractivity contribution in [3.63, 3.8) is 0 Å². The number of aryl methyl sites for hydroxylation is 2. The molecule has 0 saturated carbocycles. The molecule has 1 heterocycles. The van der Waals surface area contributed by atoms with Gasteiger partial charge in [-0.25, -0.2) is 0 Å². The van der Waals surface area contributed by atoms with Gasteiger partial charge in [-0.2, -0.15) is 0 Å². The van der Waals surface area contributed by atoms with Crippen LogP contribution in [0.25, 0.3) is 0 Å².